The molecule has 0 fully saturated rings. The van der Waals surface area contributed by atoms with E-state index in [0.29, 0.717) is 17.1 Å². The van der Waals surface area contributed by atoms with Crippen LogP contribution in [0.5, 0.6) is 5.75 Å². The molecule has 20 heavy (non-hydrogen) atoms. The molecule has 0 radical (unpaired) electrons. The van der Waals surface area contributed by atoms with Crippen LogP contribution < -0.4 is 10.1 Å². The molecule has 0 bridgehead atoms. The number of ether oxygens (including phenoxy) is 1. The minimum Gasteiger partial charge on any atom is -0.481 e. The molecule has 3 rings (SSSR count). The van der Waals surface area contributed by atoms with Gasteiger partial charge in [0.2, 0.25) is 0 Å². The standard InChI is InChI=1S/C16H13ClN2O/c1-10-6-13(17)7-14-16(10)20-15(9-19-14)12-4-2-11(8-18)3-5-12/h2-7,15,19H,9H2,1H3. The maximum absolute atomic E-state index is 8.83. The number of hydrogen-bond donors (Lipinski definition) is 1. The molecule has 3 nitrogen and oxygen atoms in total. The molecule has 1 heterocycles. The number of nitriles is 1. The molecule has 2 aromatic carbocycles. The van der Waals surface area contributed by atoms with Crippen LogP contribution >= 0.6 is 11.6 Å². The van der Waals surface area contributed by atoms with E-state index in [0.717, 1.165) is 22.6 Å². The van der Waals surface area contributed by atoms with Gasteiger partial charge in [-0.3, -0.25) is 0 Å². The van der Waals surface area contributed by atoms with Crippen molar-refractivity contribution in [1.29, 1.82) is 5.26 Å². The average Bonchev–Trinajstić information content (AvgIpc) is 2.47. The van der Waals surface area contributed by atoms with Crippen molar-refractivity contribution >= 4 is 17.3 Å². The monoisotopic (exact) mass is 284 g/mol. The summed E-state index contributed by atoms with van der Waals surface area (Å²) in [5.41, 5.74) is 3.65. The number of nitrogens with one attached hydrogen (secondary N) is 1. The Kier molecular flexibility index (Phi) is 3.25. The van der Waals surface area contributed by atoms with Crippen molar-refractivity contribution in [2.24, 2.45) is 0 Å². The number of halogens is 1. The van der Waals surface area contributed by atoms with E-state index in [1.54, 1.807) is 0 Å². The van der Waals surface area contributed by atoms with Gasteiger partial charge >= 0.3 is 0 Å². The molecule has 1 aliphatic heterocycles. The van der Waals surface area contributed by atoms with Crippen molar-refractivity contribution in [3.8, 4) is 11.8 Å². The largest absolute Gasteiger partial charge is 0.481 e. The quantitative estimate of drug-likeness (QED) is 0.859. The number of rotatable bonds is 1. The Morgan fingerprint density at radius 1 is 1.30 bits per heavy atom. The molecule has 1 atom stereocenters. The fraction of sp³-hybridized carbons (Fsp3) is 0.188. The fourth-order valence-electron chi connectivity index (χ4n) is 2.36. The Morgan fingerprint density at radius 3 is 2.75 bits per heavy atom. The Bertz CT molecular complexity index is 689. The van der Waals surface area contributed by atoms with Gasteiger partial charge in [0.15, 0.2) is 0 Å². The molecule has 1 N–H and O–H groups in total. The normalized spacial score (nSPS) is 16.6. The van der Waals surface area contributed by atoms with Gasteiger partial charge in [-0.1, -0.05) is 23.7 Å². The third kappa shape index (κ3) is 2.31. The molecule has 0 amide bonds. The number of aryl methyl sites for hydroxylation is 1. The summed E-state index contributed by atoms with van der Waals surface area (Å²) in [7, 11) is 0. The molecule has 4 heteroatoms. The Morgan fingerprint density at radius 2 is 2.05 bits per heavy atom. The summed E-state index contributed by atoms with van der Waals surface area (Å²) < 4.78 is 6.07. The minimum absolute atomic E-state index is 0.0601. The zero-order valence-corrected chi connectivity index (χ0v) is 11.7. The summed E-state index contributed by atoms with van der Waals surface area (Å²) in [6, 6.07) is 13.4. The van der Waals surface area contributed by atoms with E-state index in [4.69, 9.17) is 21.6 Å². The highest BCUT2D eigenvalue weighted by Gasteiger charge is 2.22. The van der Waals surface area contributed by atoms with Crippen LogP contribution in [0.4, 0.5) is 5.69 Å². The molecule has 0 saturated carbocycles. The van der Waals surface area contributed by atoms with Gasteiger partial charge in [-0.25, -0.2) is 0 Å². The number of benzene rings is 2. The molecule has 2 aromatic rings. The van der Waals surface area contributed by atoms with Gasteiger partial charge < -0.3 is 10.1 Å². The maximum Gasteiger partial charge on any atom is 0.146 e. The molecule has 0 saturated heterocycles. The lowest BCUT2D eigenvalue weighted by Gasteiger charge is -2.29. The highest BCUT2D eigenvalue weighted by Crippen LogP contribution is 2.38. The lowest BCUT2D eigenvalue weighted by Crippen LogP contribution is -2.24. The third-order valence-electron chi connectivity index (χ3n) is 3.39. The van der Waals surface area contributed by atoms with Crippen molar-refractivity contribution in [3.63, 3.8) is 0 Å². The van der Waals surface area contributed by atoms with E-state index in [1.165, 1.54) is 0 Å². The summed E-state index contributed by atoms with van der Waals surface area (Å²) in [5, 5.41) is 12.9. The lowest BCUT2D eigenvalue weighted by molar-refractivity contribution is 0.209. The van der Waals surface area contributed by atoms with Crippen molar-refractivity contribution in [2.45, 2.75) is 13.0 Å². The van der Waals surface area contributed by atoms with Crippen LogP contribution in [0.25, 0.3) is 0 Å². The van der Waals surface area contributed by atoms with Gasteiger partial charge in [-0.15, -0.1) is 0 Å². The second kappa shape index (κ2) is 5.07. The van der Waals surface area contributed by atoms with Crippen LogP contribution in [-0.4, -0.2) is 6.54 Å². The first kappa shape index (κ1) is 12.8. The zero-order valence-electron chi connectivity index (χ0n) is 11.0. The van der Waals surface area contributed by atoms with Crippen LogP contribution in [0.15, 0.2) is 36.4 Å². The van der Waals surface area contributed by atoms with Gasteiger partial charge in [-0.2, -0.15) is 5.26 Å². The summed E-state index contributed by atoms with van der Waals surface area (Å²) >= 11 is 6.04. The first-order valence-electron chi connectivity index (χ1n) is 6.38. The van der Waals surface area contributed by atoms with E-state index in [-0.39, 0.29) is 6.10 Å². The van der Waals surface area contributed by atoms with Gasteiger partial charge in [0.25, 0.3) is 0 Å². The van der Waals surface area contributed by atoms with Gasteiger partial charge in [-0.05, 0) is 42.3 Å². The molecule has 1 unspecified atom stereocenters. The minimum atomic E-state index is -0.0601. The summed E-state index contributed by atoms with van der Waals surface area (Å²) in [6.07, 6.45) is -0.0601. The summed E-state index contributed by atoms with van der Waals surface area (Å²) in [4.78, 5) is 0. The first-order valence-corrected chi connectivity index (χ1v) is 6.76. The third-order valence-corrected chi connectivity index (χ3v) is 3.61. The van der Waals surface area contributed by atoms with Crippen LogP contribution in [0.3, 0.4) is 0 Å². The second-order valence-electron chi connectivity index (χ2n) is 4.82. The van der Waals surface area contributed by atoms with E-state index in [1.807, 2.05) is 43.3 Å². The number of anilines is 1. The predicted octanol–water partition coefficient (Wildman–Crippen LogP) is 4.07. The smallest absolute Gasteiger partial charge is 0.146 e. The lowest BCUT2D eigenvalue weighted by atomic mass is 10.0. The SMILES string of the molecule is Cc1cc(Cl)cc2c1OC(c1ccc(C#N)cc1)CN2. The summed E-state index contributed by atoms with van der Waals surface area (Å²) in [6.45, 7) is 2.66. The topological polar surface area (TPSA) is 45.0 Å². The Hall–Kier alpha value is -2.18. The average molecular weight is 285 g/mol. The molecule has 0 spiro atoms. The van der Waals surface area contributed by atoms with Gasteiger partial charge in [0.05, 0.1) is 23.9 Å². The molecular weight excluding hydrogens is 272 g/mol. The van der Waals surface area contributed by atoms with E-state index in [2.05, 4.69) is 11.4 Å². The van der Waals surface area contributed by atoms with Gasteiger partial charge in [0, 0.05) is 5.02 Å². The predicted molar refractivity (Wildman–Crippen MR) is 79.2 cm³/mol. The number of fused-ring (bicyclic) bond motifs is 1. The highest BCUT2D eigenvalue weighted by atomic mass is 35.5. The zero-order chi connectivity index (χ0) is 14.1. The van der Waals surface area contributed by atoms with Gasteiger partial charge in [0.1, 0.15) is 11.9 Å². The Labute approximate surface area is 122 Å². The first-order chi connectivity index (χ1) is 9.67. The molecule has 0 aliphatic carbocycles. The maximum atomic E-state index is 8.83. The van der Waals surface area contributed by atoms with Crippen molar-refractivity contribution < 1.29 is 4.74 Å². The van der Waals surface area contributed by atoms with E-state index in [9.17, 15) is 0 Å². The molecule has 1 aliphatic rings. The number of hydrogen-bond acceptors (Lipinski definition) is 3. The Balaban J connectivity index is 1.90. The van der Waals surface area contributed by atoms with Crippen LogP contribution in [0, 0.1) is 18.3 Å². The van der Waals surface area contributed by atoms with Crippen LogP contribution in [0.2, 0.25) is 5.02 Å². The van der Waals surface area contributed by atoms with Crippen LogP contribution in [-0.2, 0) is 0 Å². The summed E-state index contributed by atoms with van der Waals surface area (Å²) in [5.74, 6) is 0.843. The van der Waals surface area contributed by atoms with E-state index >= 15 is 0 Å². The highest BCUT2D eigenvalue weighted by molar-refractivity contribution is 6.31. The number of nitrogens with zero attached hydrogens (tertiary/aromatic N) is 1. The van der Waals surface area contributed by atoms with Crippen molar-refractivity contribution in [2.75, 3.05) is 11.9 Å². The van der Waals surface area contributed by atoms with Crippen molar-refractivity contribution in [3.05, 3.63) is 58.1 Å². The van der Waals surface area contributed by atoms with E-state index < -0.39 is 0 Å². The van der Waals surface area contributed by atoms with Crippen LogP contribution in [0.1, 0.15) is 22.8 Å². The van der Waals surface area contributed by atoms with Crippen molar-refractivity contribution in [1.82, 2.24) is 0 Å². The molecule has 0 aromatic heterocycles. The molecule has 100 valence electrons. The molecular formula is C16H13ClN2O. The second-order valence-corrected chi connectivity index (χ2v) is 5.26. The fourth-order valence-corrected chi connectivity index (χ4v) is 2.64.